The Morgan fingerprint density at radius 2 is 2.07 bits per heavy atom. The van der Waals surface area contributed by atoms with Crippen LogP contribution in [-0.4, -0.2) is 30.3 Å². The molecule has 1 saturated heterocycles. The van der Waals surface area contributed by atoms with Crippen molar-refractivity contribution in [2.75, 3.05) is 6.54 Å². The van der Waals surface area contributed by atoms with Crippen LogP contribution < -0.4 is 10.6 Å². The summed E-state index contributed by atoms with van der Waals surface area (Å²) < 4.78 is 5.11. The first kappa shape index (κ1) is 13.5. The van der Waals surface area contributed by atoms with Crippen LogP contribution >= 0.6 is 12.4 Å². The summed E-state index contributed by atoms with van der Waals surface area (Å²) in [5.41, 5.74) is -0.412. The van der Waals surface area contributed by atoms with E-state index >= 15 is 0 Å². The second kappa shape index (κ2) is 4.84. The van der Waals surface area contributed by atoms with Gasteiger partial charge in [-0.05, 0) is 27.7 Å². The Morgan fingerprint density at radius 3 is 2.36 bits per heavy atom. The summed E-state index contributed by atoms with van der Waals surface area (Å²) in [4.78, 5) is 11.2. The number of hydrogen-bond acceptors (Lipinski definition) is 3. The molecule has 1 fully saturated rings. The lowest BCUT2D eigenvalue weighted by Gasteiger charge is -2.36. The van der Waals surface area contributed by atoms with Gasteiger partial charge >= 0.3 is 6.09 Å². The minimum absolute atomic E-state index is 0. The largest absolute Gasteiger partial charge is 0.444 e. The van der Waals surface area contributed by atoms with Gasteiger partial charge in [0.25, 0.3) is 0 Å². The van der Waals surface area contributed by atoms with Crippen molar-refractivity contribution in [3.8, 4) is 0 Å². The maximum Gasteiger partial charge on any atom is 0.407 e. The maximum absolute atomic E-state index is 11.2. The number of halogens is 1. The number of ether oxygens (including phenoxy) is 1. The van der Waals surface area contributed by atoms with Gasteiger partial charge in [-0.15, -0.1) is 12.4 Å². The molecule has 0 aliphatic carbocycles. The molecular formula is C9H19ClN2O2. The Balaban J connectivity index is 0.00000169. The van der Waals surface area contributed by atoms with Crippen molar-refractivity contribution in [3.05, 3.63) is 0 Å². The van der Waals surface area contributed by atoms with Gasteiger partial charge in [-0.2, -0.15) is 0 Å². The summed E-state index contributed by atoms with van der Waals surface area (Å²) in [5.74, 6) is 0. The number of hydrogen-bond donors (Lipinski definition) is 2. The van der Waals surface area contributed by atoms with E-state index in [-0.39, 0.29) is 24.5 Å². The highest BCUT2D eigenvalue weighted by atomic mass is 35.5. The van der Waals surface area contributed by atoms with Crippen molar-refractivity contribution in [3.63, 3.8) is 0 Å². The van der Waals surface area contributed by atoms with Crippen molar-refractivity contribution in [1.29, 1.82) is 0 Å². The fourth-order valence-electron chi connectivity index (χ4n) is 1.11. The van der Waals surface area contributed by atoms with E-state index in [1.165, 1.54) is 0 Å². The molecular weight excluding hydrogens is 204 g/mol. The molecule has 2 N–H and O–H groups in total. The Bertz CT molecular complexity index is 203. The number of carbonyl (C=O) groups is 1. The average Bonchev–Trinajstić information content (AvgIpc) is 1.94. The molecule has 0 bridgehead atoms. The highest BCUT2D eigenvalue weighted by Gasteiger charge is 2.29. The molecule has 5 heteroatoms. The van der Waals surface area contributed by atoms with Gasteiger partial charge in [0.15, 0.2) is 0 Å². The van der Waals surface area contributed by atoms with E-state index in [2.05, 4.69) is 10.6 Å². The van der Waals surface area contributed by atoms with Gasteiger partial charge < -0.3 is 15.4 Å². The molecule has 4 nitrogen and oxygen atoms in total. The predicted octanol–water partition coefficient (Wildman–Crippen LogP) is 1.29. The molecule has 0 aromatic heterocycles. The van der Waals surface area contributed by atoms with E-state index in [9.17, 15) is 4.79 Å². The molecule has 0 spiro atoms. The highest BCUT2D eigenvalue weighted by Crippen LogP contribution is 2.08. The zero-order valence-electron chi connectivity index (χ0n) is 9.09. The molecule has 84 valence electrons. The molecule has 0 unspecified atom stereocenters. The van der Waals surface area contributed by atoms with Gasteiger partial charge in [-0.25, -0.2) is 4.79 Å². The summed E-state index contributed by atoms with van der Waals surface area (Å²) >= 11 is 0. The first-order chi connectivity index (χ1) is 5.88. The van der Waals surface area contributed by atoms with Crippen LogP contribution in [0.3, 0.4) is 0 Å². The monoisotopic (exact) mass is 222 g/mol. The fourth-order valence-corrected chi connectivity index (χ4v) is 1.11. The molecule has 0 aromatic carbocycles. The molecule has 1 aliphatic heterocycles. The lowest BCUT2D eigenvalue weighted by Crippen LogP contribution is -2.63. The zero-order valence-corrected chi connectivity index (χ0v) is 9.90. The summed E-state index contributed by atoms with van der Waals surface area (Å²) in [6.45, 7) is 8.44. The summed E-state index contributed by atoms with van der Waals surface area (Å²) in [6, 6.07) is 0.572. The average molecular weight is 223 g/mol. The lowest BCUT2D eigenvalue weighted by atomic mass is 10.0. The normalized spacial score (nSPS) is 25.7. The van der Waals surface area contributed by atoms with Crippen molar-refractivity contribution < 1.29 is 9.53 Å². The van der Waals surface area contributed by atoms with Crippen LogP contribution in [0.1, 0.15) is 27.7 Å². The molecule has 1 heterocycles. The molecule has 0 radical (unpaired) electrons. The zero-order chi connectivity index (χ0) is 10.1. The van der Waals surface area contributed by atoms with Crippen LogP contribution in [0.15, 0.2) is 0 Å². The van der Waals surface area contributed by atoms with Crippen molar-refractivity contribution >= 4 is 18.5 Å². The molecule has 1 rings (SSSR count). The van der Waals surface area contributed by atoms with E-state index in [0.29, 0.717) is 6.04 Å². The highest BCUT2D eigenvalue weighted by molar-refractivity contribution is 5.85. The minimum atomic E-state index is -0.412. The van der Waals surface area contributed by atoms with Crippen LogP contribution in [0.4, 0.5) is 4.79 Å². The van der Waals surface area contributed by atoms with Gasteiger partial charge in [-0.3, -0.25) is 0 Å². The molecule has 0 aromatic rings. The van der Waals surface area contributed by atoms with Gasteiger partial charge in [-0.1, -0.05) is 0 Å². The third-order valence-electron chi connectivity index (χ3n) is 1.97. The first-order valence-electron chi connectivity index (χ1n) is 4.61. The molecule has 14 heavy (non-hydrogen) atoms. The summed E-state index contributed by atoms with van der Waals surface area (Å²) in [6.07, 6.45) is -0.328. The lowest BCUT2D eigenvalue weighted by molar-refractivity contribution is 0.0468. The second-order valence-corrected chi connectivity index (χ2v) is 4.45. The summed E-state index contributed by atoms with van der Waals surface area (Å²) in [5, 5.41) is 5.96. The Hall–Kier alpha value is -0.480. The van der Waals surface area contributed by atoms with E-state index < -0.39 is 5.60 Å². The summed E-state index contributed by atoms with van der Waals surface area (Å²) in [7, 11) is 0. The van der Waals surface area contributed by atoms with Crippen LogP contribution in [0, 0.1) is 0 Å². The van der Waals surface area contributed by atoms with E-state index in [1.54, 1.807) is 0 Å². The van der Waals surface area contributed by atoms with Gasteiger partial charge in [0.1, 0.15) is 5.60 Å². The topological polar surface area (TPSA) is 50.4 Å². The van der Waals surface area contributed by atoms with Crippen molar-refractivity contribution in [2.45, 2.75) is 45.4 Å². The van der Waals surface area contributed by atoms with E-state index in [4.69, 9.17) is 4.74 Å². The number of carbonyl (C=O) groups excluding carboxylic acids is 1. The second-order valence-electron chi connectivity index (χ2n) is 4.45. The standard InChI is InChI=1S/C9H18N2O2.ClH/c1-6-7(5-10-6)11-8(12)13-9(2,3)4;/h6-7,10H,5H2,1-4H3,(H,11,12);1H/t6-,7+;/m0./s1. The van der Waals surface area contributed by atoms with Crippen LogP contribution in [0.2, 0.25) is 0 Å². The quantitative estimate of drug-likeness (QED) is 0.703. The van der Waals surface area contributed by atoms with Crippen molar-refractivity contribution in [2.24, 2.45) is 0 Å². The molecule has 0 saturated carbocycles. The number of rotatable bonds is 1. The number of alkyl carbamates (subject to hydrolysis) is 1. The van der Waals surface area contributed by atoms with E-state index in [1.807, 2.05) is 27.7 Å². The van der Waals surface area contributed by atoms with Crippen molar-refractivity contribution in [1.82, 2.24) is 10.6 Å². The third-order valence-corrected chi connectivity index (χ3v) is 1.97. The Morgan fingerprint density at radius 1 is 1.50 bits per heavy atom. The minimum Gasteiger partial charge on any atom is -0.444 e. The van der Waals surface area contributed by atoms with Crippen LogP contribution in [0.5, 0.6) is 0 Å². The van der Waals surface area contributed by atoms with Gasteiger partial charge in [0.2, 0.25) is 0 Å². The first-order valence-corrected chi connectivity index (χ1v) is 4.61. The Kier molecular flexibility index (Phi) is 4.68. The smallest absolute Gasteiger partial charge is 0.407 e. The molecule has 2 atom stereocenters. The fraction of sp³-hybridized carbons (Fsp3) is 0.889. The molecule has 1 aliphatic rings. The predicted molar refractivity (Wildman–Crippen MR) is 57.9 cm³/mol. The molecule has 1 amide bonds. The number of nitrogens with one attached hydrogen (secondary N) is 2. The van der Waals surface area contributed by atoms with Crippen LogP contribution in [-0.2, 0) is 4.74 Å². The maximum atomic E-state index is 11.2. The van der Waals surface area contributed by atoms with Crippen LogP contribution in [0.25, 0.3) is 0 Å². The third kappa shape index (κ3) is 4.15. The van der Waals surface area contributed by atoms with Gasteiger partial charge in [0, 0.05) is 12.6 Å². The SMILES string of the molecule is C[C@@H]1NC[C@H]1NC(=O)OC(C)(C)C.Cl. The Labute approximate surface area is 91.2 Å². The number of amides is 1. The van der Waals surface area contributed by atoms with E-state index in [0.717, 1.165) is 6.54 Å². The van der Waals surface area contributed by atoms with Gasteiger partial charge in [0.05, 0.1) is 6.04 Å².